The van der Waals surface area contributed by atoms with Crippen molar-refractivity contribution in [2.24, 2.45) is 0 Å². The Balaban J connectivity index is 1.60. The van der Waals surface area contributed by atoms with Gasteiger partial charge in [0.15, 0.2) is 0 Å². The quantitative estimate of drug-likeness (QED) is 0.516. The fourth-order valence-electron chi connectivity index (χ4n) is 3.03. The number of amides is 4. The zero-order valence-corrected chi connectivity index (χ0v) is 15.9. The second-order valence-electron chi connectivity index (χ2n) is 6.48. The van der Waals surface area contributed by atoms with Crippen LogP contribution in [-0.2, 0) is 22.7 Å². The van der Waals surface area contributed by atoms with Crippen molar-refractivity contribution in [3.8, 4) is 0 Å². The van der Waals surface area contributed by atoms with Crippen molar-refractivity contribution in [2.45, 2.75) is 13.1 Å². The molecule has 3 heterocycles. The molecule has 146 valence electrons. The zero-order chi connectivity index (χ0) is 20.4. The minimum absolute atomic E-state index is 0.0614. The summed E-state index contributed by atoms with van der Waals surface area (Å²) in [5.41, 5.74) is 1.55. The molecule has 0 radical (unpaired) electrons. The van der Waals surface area contributed by atoms with E-state index in [4.69, 9.17) is 16.0 Å². The number of rotatable bonds is 5. The van der Waals surface area contributed by atoms with E-state index in [9.17, 15) is 14.4 Å². The molecule has 1 N–H and O–H groups in total. The van der Waals surface area contributed by atoms with Gasteiger partial charge in [-0.1, -0.05) is 23.7 Å². The normalized spacial score (nSPS) is 15.8. The molecule has 0 unspecified atom stereocenters. The highest BCUT2D eigenvalue weighted by atomic mass is 35.5. The van der Waals surface area contributed by atoms with E-state index in [-0.39, 0.29) is 12.1 Å². The smallest absolute Gasteiger partial charge is 0.331 e. The van der Waals surface area contributed by atoms with Gasteiger partial charge in [-0.3, -0.25) is 19.8 Å². The lowest BCUT2D eigenvalue weighted by Crippen LogP contribution is -2.53. The summed E-state index contributed by atoms with van der Waals surface area (Å²) in [5, 5.41) is 2.85. The van der Waals surface area contributed by atoms with Gasteiger partial charge in [-0.05, 0) is 48.0 Å². The van der Waals surface area contributed by atoms with Crippen LogP contribution in [0.3, 0.4) is 0 Å². The van der Waals surface area contributed by atoms with Crippen LogP contribution in [0.5, 0.6) is 0 Å². The third kappa shape index (κ3) is 4.00. The average molecular weight is 410 g/mol. The number of hydrogen-bond donors (Lipinski definition) is 1. The number of halogens is 1. The number of urea groups is 1. The third-order valence-electron chi connectivity index (χ3n) is 4.50. The number of carbonyl (C=O) groups excluding carboxylic acids is 3. The van der Waals surface area contributed by atoms with Gasteiger partial charge >= 0.3 is 6.03 Å². The molecule has 7 nitrogen and oxygen atoms in total. The standard InChI is InChI=1S/C21H16ClN3O4/c22-15-7-5-14(6-8-15)12-24-9-1-3-16(24)11-18-19(26)23-21(28)25(20(18)27)13-17-4-2-10-29-17/h1-11H,12-13H2,(H,23,26,28)/b18-11+. The van der Waals surface area contributed by atoms with E-state index < -0.39 is 17.8 Å². The molecule has 29 heavy (non-hydrogen) atoms. The van der Waals surface area contributed by atoms with Crippen LogP contribution in [0.15, 0.2) is 71.0 Å². The van der Waals surface area contributed by atoms with Crippen LogP contribution in [0.2, 0.25) is 5.02 Å². The lowest BCUT2D eigenvalue weighted by molar-refractivity contribution is -0.130. The van der Waals surface area contributed by atoms with Crippen LogP contribution in [0.1, 0.15) is 17.0 Å². The molecule has 1 aliphatic heterocycles. The van der Waals surface area contributed by atoms with E-state index >= 15 is 0 Å². The van der Waals surface area contributed by atoms with Gasteiger partial charge in [0.2, 0.25) is 0 Å². The van der Waals surface area contributed by atoms with Crippen LogP contribution in [0, 0.1) is 0 Å². The molecule has 8 heteroatoms. The molecule has 0 spiro atoms. The lowest BCUT2D eigenvalue weighted by atomic mass is 10.1. The van der Waals surface area contributed by atoms with Crippen LogP contribution in [0.25, 0.3) is 6.08 Å². The summed E-state index contributed by atoms with van der Waals surface area (Å²) in [7, 11) is 0. The van der Waals surface area contributed by atoms with Crippen molar-refractivity contribution in [3.05, 3.63) is 88.6 Å². The summed E-state index contributed by atoms with van der Waals surface area (Å²) < 4.78 is 7.10. The first-order valence-corrected chi connectivity index (χ1v) is 9.20. The van der Waals surface area contributed by atoms with Gasteiger partial charge in [-0.2, -0.15) is 0 Å². The molecular weight excluding hydrogens is 394 g/mol. The number of nitrogens with zero attached hydrogens (tertiary/aromatic N) is 2. The molecule has 3 aromatic rings. The molecule has 0 bridgehead atoms. The Morgan fingerprint density at radius 1 is 1.00 bits per heavy atom. The van der Waals surface area contributed by atoms with E-state index in [1.165, 1.54) is 12.3 Å². The Morgan fingerprint density at radius 3 is 2.52 bits per heavy atom. The van der Waals surface area contributed by atoms with Crippen molar-refractivity contribution in [3.63, 3.8) is 0 Å². The van der Waals surface area contributed by atoms with Gasteiger partial charge in [-0.25, -0.2) is 4.79 Å². The molecule has 4 rings (SSSR count). The Morgan fingerprint density at radius 2 is 1.79 bits per heavy atom. The van der Waals surface area contributed by atoms with Crippen LogP contribution >= 0.6 is 11.6 Å². The molecule has 2 aromatic heterocycles. The fraction of sp³-hybridized carbons (Fsp3) is 0.0952. The minimum atomic E-state index is -0.773. The van der Waals surface area contributed by atoms with Gasteiger partial charge in [0, 0.05) is 23.5 Å². The van der Waals surface area contributed by atoms with Crippen molar-refractivity contribution >= 4 is 35.5 Å². The van der Waals surface area contributed by atoms with Crippen LogP contribution in [-0.4, -0.2) is 27.3 Å². The van der Waals surface area contributed by atoms with Gasteiger partial charge in [0.25, 0.3) is 11.8 Å². The molecule has 4 amide bonds. The number of aromatic nitrogens is 1. The van der Waals surface area contributed by atoms with Crippen molar-refractivity contribution in [2.75, 3.05) is 0 Å². The van der Waals surface area contributed by atoms with E-state index in [2.05, 4.69) is 5.32 Å². The topological polar surface area (TPSA) is 84.6 Å². The highest BCUT2D eigenvalue weighted by Gasteiger charge is 2.36. The molecular formula is C21H16ClN3O4. The Hall–Kier alpha value is -3.58. The molecule has 1 saturated heterocycles. The third-order valence-corrected chi connectivity index (χ3v) is 4.75. The predicted octanol–water partition coefficient (Wildman–Crippen LogP) is 3.44. The largest absolute Gasteiger partial charge is 0.467 e. The summed E-state index contributed by atoms with van der Waals surface area (Å²) in [6.07, 6.45) is 4.78. The summed E-state index contributed by atoms with van der Waals surface area (Å²) in [5.74, 6) is -0.961. The van der Waals surface area contributed by atoms with Crippen molar-refractivity contribution in [1.29, 1.82) is 0 Å². The molecule has 1 aromatic carbocycles. The maximum Gasteiger partial charge on any atom is 0.331 e. The average Bonchev–Trinajstić information content (AvgIpc) is 3.36. The predicted molar refractivity (Wildman–Crippen MR) is 106 cm³/mol. The number of carbonyl (C=O) groups is 3. The Labute approximate surface area is 171 Å². The second kappa shape index (κ2) is 7.81. The first-order chi connectivity index (χ1) is 14.0. The number of furan rings is 1. The van der Waals surface area contributed by atoms with E-state index in [1.54, 1.807) is 30.3 Å². The summed E-state index contributed by atoms with van der Waals surface area (Å²) >= 11 is 5.92. The Bertz CT molecular complexity index is 1100. The number of imide groups is 2. The number of nitrogens with one attached hydrogen (secondary N) is 1. The first-order valence-electron chi connectivity index (χ1n) is 8.82. The summed E-state index contributed by atoms with van der Waals surface area (Å²) in [6.45, 7) is 0.474. The highest BCUT2D eigenvalue weighted by molar-refractivity contribution is 6.31. The van der Waals surface area contributed by atoms with Gasteiger partial charge in [-0.15, -0.1) is 0 Å². The van der Waals surface area contributed by atoms with Gasteiger partial charge < -0.3 is 8.98 Å². The highest BCUT2D eigenvalue weighted by Crippen LogP contribution is 2.19. The van der Waals surface area contributed by atoms with Crippen LogP contribution in [0.4, 0.5) is 4.79 Å². The van der Waals surface area contributed by atoms with E-state index in [0.717, 1.165) is 10.5 Å². The molecule has 1 fully saturated rings. The monoisotopic (exact) mass is 409 g/mol. The SMILES string of the molecule is O=C1NC(=O)N(Cc2ccco2)C(=O)/C1=C/c1cccn1Cc1ccc(Cl)cc1. The zero-order valence-electron chi connectivity index (χ0n) is 15.2. The minimum Gasteiger partial charge on any atom is -0.467 e. The Kier molecular flexibility index (Phi) is 5.05. The number of hydrogen-bond acceptors (Lipinski definition) is 4. The molecule has 0 aliphatic carbocycles. The van der Waals surface area contributed by atoms with Crippen molar-refractivity contribution < 1.29 is 18.8 Å². The first kappa shape index (κ1) is 18.8. The molecule has 0 atom stereocenters. The molecule has 1 aliphatic rings. The van der Waals surface area contributed by atoms with Crippen molar-refractivity contribution in [1.82, 2.24) is 14.8 Å². The number of barbiturate groups is 1. The lowest BCUT2D eigenvalue weighted by Gasteiger charge is -2.25. The number of benzene rings is 1. The van der Waals surface area contributed by atoms with E-state index in [1.807, 2.05) is 29.0 Å². The van der Waals surface area contributed by atoms with Gasteiger partial charge in [0.1, 0.15) is 11.3 Å². The van der Waals surface area contributed by atoms with Gasteiger partial charge in [0.05, 0.1) is 12.8 Å². The maximum atomic E-state index is 12.8. The molecule has 0 saturated carbocycles. The fourth-order valence-corrected chi connectivity index (χ4v) is 3.16. The van der Waals surface area contributed by atoms with E-state index in [0.29, 0.717) is 23.0 Å². The maximum absolute atomic E-state index is 12.8. The second-order valence-corrected chi connectivity index (χ2v) is 6.91. The summed E-state index contributed by atoms with van der Waals surface area (Å²) in [6, 6.07) is 13.6. The summed E-state index contributed by atoms with van der Waals surface area (Å²) in [4.78, 5) is 38.2. The van der Waals surface area contributed by atoms with Crippen LogP contribution < -0.4 is 5.32 Å².